The number of aromatic nitrogens is 1. The quantitative estimate of drug-likeness (QED) is 0.867. The van der Waals surface area contributed by atoms with Crippen molar-refractivity contribution in [2.45, 2.75) is 40.2 Å². The lowest BCUT2D eigenvalue weighted by Gasteiger charge is -2.31. The van der Waals surface area contributed by atoms with E-state index in [-0.39, 0.29) is 17.4 Å². The summed E-state index contributed by atoms with van der Waals surface area (Å²) in [5, 5.41) is 3.98. The van der Waals surface area contributed by atoms with Gasteiger partial charge in [-0.25, -0.2) is 0 Å². The molecule has 1 aromatic heterocycles. The maximum atomic E-state index is 12.2. The Labute approximate surface area is 118 Å². The van der Waals surface area contributed by atoms with Gasteiger partial charge in [0.25, 0.3) is 5.91 Å². The van der Waals surface area contributed by atoms with Crippen molar-refractivity contribution in [3.05, 3.63) is 29.6 Å². The maximum Gasteiger partial charge on any atom is 0.253 e. The summed E-state index contributed by atoms with van der Waals surface area (Å²) < 4.78 is 0. The highest BCUT2D eigenvalue weighted by Gasteiger charge is 2.26. The van der Waals surface area contributed by atoms with Crippen molar-refractivity contribution in [2.24, 2.45) is 5.41 Å². The molecule has 1 heterocycles. The topological polar surface area (TPSA) is 42.0 Å². The number of hydrogen-bond donors (Lipinski definition) is 1. The number of rotatable bonds is 4. The average molecular weight is 313 g/mol. The number of carbonyl (C=O) groups is 1. The number of hydrogen-bond acceptors (Lipinski definition) is 2. The zero-order valence-corrected chi connectivity index (χ0v) is 13.0. The molecule has 0 fully saturated rings. The molecular formula is C14H21BrN2O. The van der Waals surface area contributed by atoms with Gasteiger partial charge < -0.3 is 5.32 Å². The van der Waals surface area contributed by atoms with Crippen LogP contribution in [0.5, 0.6) is 0 Å². The zero-order chi connectivity index (χ0) is 13.8. The Morgan fingerprint density at radius 3 is 2.67 bits per heavy atom. The molecule has 1 amide bonds. The smallest absolute Gasteiger partial charge is 0.253 e. The van der Waals surface area contributed by atoms with E-state index in [1.54, 1.807) is 12.3 Å². The largest absolute Gasteiger partial charge is 0.349 e. The van der Waals surface area contributed by atoms with Gasteiger partial charge in [0, 0.05) is 23.3 Å². The van der Waals surface area contributed by atoms with E-state index in [1.165, 1.54) is 0 Å². The molecule has 1 rings (SSSR count). The van der Waals surface area contributed by atoms with Gasteiger partial charge in [-0.05, 0) is 30.9 Å². The van der Waals surface area contributed by atoms with Crippen LogP contribution < -0.4 is 5.32 Å². The molecule has 3 nitrogen and oxygen atoms in total. The third-order valence-electron chi connectivity index (χ3n) is 3.00. The van der Waals surface area contributed by atoms with E-state index in [0.717, 1.165) is 17.4 Å². The van der Waals surface area contributed by atoms with Crippen molar-refractivity contribution < 1.29 is 4.79 Å². The van der Waals surface area contributed by atoms with Gasteiger partial charge >= 0.3 is 0 Å². The summed E-state index contributed by atoms with van der Waals surface area (Å²) in [6.07, 6.45) is 2.61. The standard InChI is InChI=1S/C14H21BrN2O/c1-10-11(6-5-9-16-10)13(18)17-12(7-8-15)14(2,3)4/h5-6,9,12H,7-8H2,1-4H3,(H,17,18). The molecule has 0 spiro atoms. The molecule has 100 valence electrons. The number of aryl methyl sites for hydroxylation is 1. The molecule has 0 bridgehead atoms. The van der Waals surface area contributed by atoms with Gasteiger partial charge in [-0.15, -0.1) is 0 Å². The second-order valence-electron chi connectivity index (χ2n) is 5.51. The number of amides is 1. The summed E-state index contributed by atoms with van der Waals surface area (Å²) in [6.45, 7) is 8.26. The molecular weight excluding hydrogens is 292 g/mol. The molecule has 1 N–H and O–H groups in total. The summed E-state index contributed by atoms with van der Waals surface area (Å²) in [4.78, 5) is 16.4. The fourth-order valence-corrected chi connectivity index (χ4v) is 2.25. The van der Waals surface area contributed by atoms with E-state index in [4.69, 9.17) is 0 Å². The van der Waals surface area contributed by atoms with Crippen LogP contribution in [0.2, 0.25) is 0 Å². The van der Waals surface area contributed by atoms with Gasteiger partial charge in [0.1, 0.15) is 0 Å². The van der Waals surface area contributed by atoms with Crippen LogP contribution in [0.15, 0.2) is 18.3 Å². The fraction of sp³-hybridized carbons (Fsp3) is 0.571. The first-order valence-electron chi connectivity index (χ1n) is 6.14. The van der Waals surface area contributed by atoms with Crippen LogP contribution in [0.1, 0.15) is 43.2 Å². The Morgan fingerprint density at radius 2 is 2.17 bits per heavy atom. The van der Waals surface area contributed by atoms with Crippen LogP contribution in [0, 0.1) is 12.3 Å². The number of alkyl halides is 1. The molecule has 0 aromatic carbocycles. The van der Waals surface area contributed by atoms with Crippen LogP contribution in [0.25, 0.3) is 0 Å². The Balaban J connectivity index is 2.82. The number of halogens is 1. The lowest BCUT2D eigenvalue weighted by molar-refractivity contribution is 0.0899. The van der Waals surface area contributed by atoms with E-state index in [1.807, 2.05) is 13.0 Å². The van der Waals surface area contributed by atoms with Gasteiger partial charge in [0.05, 0.1) is 5.56 Å². The van der Waals surface area contributed by atoms with E-state index >= 15 is 0 Å². The van der Waals surface area contributed by atoms with Crippen molar-refractivity contribution in [3.8, 4) is 0 Å². The molecule has 0 aliphatic heterocycles. The molecule has 1 unspecified atom stereocenters. The molecule has 4 heteroatoms. The molecule has 0 saturated carbocycles. The zero-order valence-electron chi connectivity index (χ0n) is 11.5. The minimum Gasteiger partial charge on any atom is -0.349 e. The molecule has 0 saturated heterocycles. The second-order valence-corrected chi connectivity index (χ2v) is 6.30. The molecule has 18 heavy (non-hydrogen) atoms. The predicted octanol–water partition coefficient (Wildman–Crippen LogP) is 3.32. The molecule has 0 aliphatic rings. The first-order chi connectivity index (χ1) is 8.36. The lowest BCUT2D eigenvalue weighted by atomic mass is 9.85. The fourth-order valence-electron chi connectivity index (χ4n) is 1.79. The van der Waals surface area contributed by atoms with Gasteiger partial charge in [0.15, 0.2) is 0 Å². The summed E-state index contributed by atoms with van der Waals surface area (Å²) in [5.74, 6) is -0.0403. The number of pyridine rings is 1. The van der Waals surface area contributed by atoms with E-state index in [0.29, 0.717) is 5.56 Å². The minimum atomic E-state index is -0.0403. The Bertz CT molecular complexity index is 413. The lowest BCUT2D eigenvalue weighted by Crippen LogP contribution is -2.44. The third kappa shape index (κ3) is 4.09. The van der Waals surface area contributed by atoms with Crippen molar-refractivity contribution in [3.63, 3.8) is 0 Å². The molecule has 1 aromatic rings. The highest BCUT2D eigenvalue weighted by molar-refractivity contribution is 9.09. The average Bonchev–Trinajstić information content (AvgIpc) is 2.27. The van der Waals surface area contributed by atoms with Crippen molar-refractivity contribution in [2.75, 3.05) is 5.33 Å². The van der Waals surface area contributed by atoms with E-state index in [2.05, 4.69) is 47.0 Å². The first-order valence-corrected chi connectivity index (χ1v) is 7.27. The SMILES string of the molecule is Cc1ncccc1C(=O)NC(CCBr)C(C)(C)C. The minimum absolute atomic E-state index is 0.0403. The van der Waals surface area contributed by atoms with Crippen LogP contribution >= 0.6 is 15.9 Å². The maximum absolute atomic E-state index is 12.2. The molecule has 0 aliphatic carbocycles. The van der Waals surface area contributed by atoms with Gasteiger partial charge in [-0.3, -0.25) is 9.78 Å². The van der Waals surface area contributed by atoms with Gasteiger partial charge in [-0.2, -0.15) is 0 Å². The predicted molar refractivity (Wildman–Crippen MR) is 78.1 cm³/mol. The van der Waals surface area contributed by atoms with Gasteiger partial charge in [-0.1, -0.05) is 36.7 Å². The normalized spacial score (nSPS) is 13.2. The van der Waals surface area contributed by atoms with Crippen molar-refractivity contribution >= 4 is 21.8 Å². The Kier molecular flexibility index (Phi) is 5.32. The molecule has 1 atom stereocenters. The Hall–Kier alpha value is -0.900. The van der Waals surface area contributed by atoms with Gasteiger partial charge in [0.2, 0.25) is 0 Å². The second kappa shape index (κ2) is 6.32. The van der Waals surface area contributed by atoms with Crippen LogP contribution in [0.4, 0.5) is 0 Å². The van der Waals surface area contributed by atoms with Crippen LogP contribution in [0.3, 0.4) is 0 Å². The van der Waals surface area contributed by atoms with Crippen LogP contribution in [-0.4, -0.2) is 22.3 Å². The summed E-state index contributed by atoms with van der Waals surface area (Å²) in [7, 11) is 0. The number of carbonyl (C=O) groups excluding carboxylic acids is 1. The first kappa shape index (κ1) is 15.2. The van der Waals surface area contributed by atoms with Crippen molar-refractivity contribution in [1.82, 2.24) is 10.3 Å². The number of nitrogens with zero attached hydrogens (tertiary/aromatic N) is 1. The monoisotopic (exact) mass is 312 g/mol. The summed E-state index contributed by atoms with van der Waals surface area (Å²) in [5.41, 5.74) is 1.46. The van der Waals surface area contributed by atoms with Crippen molar-refractivity contribution in [1.29, 1.82) is 0 Å². The van der Waals surface area contributed by atoms with E-state index < -0.39 is 0 Å². The highest BCUT2D eigenvalue weighted by atomic mass is 79.9. The third-order valence-corrected chi connectivity index (χ3v) is 3.46. The molecule has 0 radical (unpaired) electrons. The number of nitrogens with one attached hydrogen (secondary N) is 1. The van der Waals surface area contributed by atoms with E-state index in [9.17, 15) is 4.79 Å². The van der Waals surface area contributed by atoms with Crippen LogP contribution in [-0.2, 0) is 0 Å². The highest BCUT2D eigenvalue weighted by Crippen LogP contribution is 2.23. The summed E-state index contributed by atoms with van der Waals surface area (Å²) in [6, 6.07) is 3.74. The Morgan fingerprint density at radius 1 is 1.50 bits per heavy atom. The summed E-state index contributed by atoms with van der Waals surface area (Å²) >= 11 is 3.44.